The molecule has 0 amide bonds. The summed E-state index contributed by atoms with van der Waals surface area (Å²) in [6, 6.07) is 0. The SMILES string of the molecule is CCCCCCCCC(CCCCCC)CSSCCO. The van der Waals surface area contributed by atoms with Gasteiger partial charge in [-0.15, -0.1) is 0 Å². The lowest BCUT2D eigenvalue weighted by atomic mass is 9.96. The summed E-state index contributed by atoms with van der Waals surface area (Å²) in [5, 5.41) is 8.84. The highest BCUT2D eigenvalue weighted by Gasteiger charge is 2.09. The Morgan fingerprint density at radius 2 is 1.24 bits per heavy atom. The van der Waals surface area contributed by atoms with Gasteiger partial charge in [0.2, 0.25) is 0 Å². The number of aliphatic hydroxyl groups is 1. The van der Waals surface area contributed by atoms with Crippen LogP contribution in [-0.2, 0) is 0 Å². The van der Waals surface area contributed by atoms with Gasteiger partial charge < -0.3 is 5.11 Å². The number of hydrogen-bond donors (Lipinski definition) is 1. The molecule has 0 heterocycles. The van der Waals surface area contributed by atoms with Crippen LogP contribution in [0.25, 0.3) is 0 Å². The molecule has 0 saturated carbocycles. The van der Waals surface area contributed by atoms with E-state index in [-0.39, 0.29) is 0 Å². The summed E-state index contributed by atoms with van der Waals surface area (Å²) < 4.78 is 0. The highest BCUT2D eigenvalue weighted by Crippen LogP contribution is 2.29. The van der Waals surface area contributed by atoms with E-state index in [0.717, 1.165) is 11.7 Å². The van der Waals surface area contributed by atoms with Gasteiger partial charge in [0.05, 0.1) is 6.61 Å². The highest BCUT2D eigenvalue weighted by atomic mass is 33.1. The van der Waals surface area contributed by atoms with Crippen molar-refractivity contribution < 1.29 is 5.11 Å². The van der Waals surface area contributed by atoms with E-state index in [4.69, 9.17) is 5.11 Å². The van der Waals surface area contributed by atoms with Gasteiger partial charge in [-0.2, -0.15) is 0 Å². The molecule has 21 heavy (non-hydrogen) atoms. The van der Waals surface area contributed by atoms with Gasteiger partial charge in [0.25, 0.3) is 0 Å². The van der Waals surface area contributed by atoms with Crippen LogP contribution >= 0.6 is 21.6 Å². The molecule has 0 fully saturated rings. The third-order valence-corrected chi connectivity index (χ3v) is 6.53. The first-order valence-corrected chi connectivity index (χ1v) is 11.7. The van der Waals surface area contributed by atoms with Crippen molar-refractivity contribution in [2.45, 2.75) is 90.9 Å². The van der Waals surface area contributed by atoms with Crippen LogP contribution in [0.1, 0.15) is 90.9 Å². The van der Waals surface area contributed by atoms with Crippen LogP contribution in [-0.4, -0.2) is 23.2 Å². The first-order chi connectivity index (χ1) is 10.3. The predicted molar refractivity (Wildman–Crippen MR) is 102 cm³/mol. The summed E-state index contributed by atoms with van der Waals surface area (Å²) in [4.78, 5) is 0. The molecule has 0 radical (unpaired) electrons. The molecule has 128 valence electrons. The normalized spacial score (nSPS) is 12.7. The summed E-state index contributed by atoms with van der Waals surface area (Å²) in [6.45, 7) is 4.89. The van der Waals surface area contributed by atoms with E-state index in [0.29, 0.717) is 6.61 Å². The summed E-state index contributed by atoms with van der Waals surface area (Å²) in [5.74, 6) is 3.07. The maximum atomic E-state index is 8.84. The Hall–Kier alpha value is 0.660. The Kier molecular flexibility index (Phi) is 19.3. The summed E-state index contributed by atoms with van der Waals surface area (Å²) in [5.41, 5.74) is 0. The molecule has 0 aromatic heterocycles. The summed E-state index contributed by atoms with van der Waals surface area (Å²) in [6.07, 6.45) is 16.9. The zero-order chi connectivity index (χ0) is 15.6. The third kappa shape index (κ3) is 16.9. The molecule has 1 nitrogen and oxygen atoms in total. The van der Waals surface area contributed by atoms with E-state index in [1.807, 2.05) is 21.6 Å². The van der Waals surface area contributed by atoms with Gasteiger partial charge in [-0.3, -0.25) is 0 Å². The van der Waals surface area contributed by atoms with E-state index in [2.05, 4.69) is 13.8 Å². The number of hydrogen-bond acceptors (Lipinski definition) is 3. The Morgan fingerprint density at radius 1 is 0.714 bits per heavy atom. The van der Waals surface area contributed by atoms with Gasteiger partial charge in [0.1, 0.15) is 0 Å². The zero-order valence-electron chi connectivity index (χ0n) is 14.4. The average molecular weight is 335 g/mol. The van der Waals surface area contributed by atoms with Crippen LogP contribution in [0.5, 0.6) is 0 Å². The molecule has 1 unspecified atom stereocenters. The van der Waals surface area contributed by atoms with Crippen LogP contribution < -0.4 is 0 Å². The average Bonchev–Trinajstić information content (AvgIpc) is 2.50. The smallest absolute Gasteiger partial charge is 0.0530 e. The van der Waals surface area contributed by atoms with Gasteiger partial charge >= 0.3 is 0 Å². The Bertz CT molecular complexity index is 176. The van der Waals surface area contributed by atoms with Crippen molar-refractivity contribution in [2.75, 3.05) is 18.1 Å². The first-order valence-electron chi connectivity index (χ1n) is 9.20. The lowest BCUT2D eigenvalue weighted by molar-refractivity contribution is 0.323. The van der Waals surface area contributed by atoms with Crippen LogP contribution in [0, 0.1) is 5.92 Å². The quantitative estimate of drug-likeness (QED) is 0.236. The van der Waals surface area contributed by atoms with E-state index >= 15 is 0 Å². The summed E-state index contributed by atoms with van der Waals surface area (Å²) in [7, 11) is 3.82. The molecule has 0 bridgehead atoms. The monoisotopic (exact) mass is 334 g/mol. The predicted octanol–water partition coefficient (Wildman–Crippen LogP) is 6.70. The Balaban J connectivity index is 3.67. The van der Waals surface area contributed by atoms with Crippen LogP contribution in [0.15, 0.2) is 0 Å². The molecular weight excluding hydrogens is 296 g/mol. The maximum Gasteiger partial charge on any atom is 0.0530 e. The molecular formula is C18H38OS2. The largest absolute Gasteiger partial charge is 0.395 e. The van der Waals surface area contributed by atoms with E-state index in [1.54, 1.807) is 0 Å². The molecule has 0 spiro atoms. The highest BCUT2D eigenvalue weighted by molar-refractivity contribution is 8.76. The molecule has 0 aliphatic rings. The van der Waals surface area contributed by atoms with Crippen molar-refractivity contribution in [3.8, 4) is 0 Å². The fraction of sp³-hybridized carbons (Fsp3) is 1.00. The van der Waals surface area contributed by atoms with Crippen molar-refractivity contribution in [2.24, 2.45) is 5.92 Å². The minimum atomic E-state index is 0.316. The molecule has 0 aromatic carbocycles. The van der Waals surface area contributed by atoms with E-state index < -0.39 is 0 Å². The standard InChI is InChI=1S/C18H38OS2/c1-3-5-7-9-10-12-14-18(13-11-8-6-4-2)17-21-20-16-15-19/h18-19H,3-17H2,1-2H3. The van der Waals surface area contributed by atoms with Gasteiger partial charge in [-0.1, -0.05) is 99.6 Å². The Morgan fingerprint density at radius 3 is 1.81 bits per heavy atom. The lowest BCUT2D eigenvalue weighted by Gasteiger charge is -2.16. The lowest BCUT2D eigenvalue weighted by Crippen LogP contribution is -2.04. The molecule has 0 saturated heterocycles. The molecule has 0 aliphatic heterocycles. The van der Waals surface area contributed by atoms with Crippen molar-refractivity contribution >= 4 is 21.6 Å². The second-order valence-corrected chi connectivity index (χ2v) is 8.73. The topological polar surface area (TPSA) is 20.2 Å². The number of aliphatic hydroxyl groups excluding tert-OH is 1. The second kappa shape index (κ2) is 18.7. The minimum absolute atomic E-state index is 0.316. The van der Waals surface area contributed by atoms with Crippen molar-refractivity contribution in [3.05, 3.63) is 0 Å². The third-order valence-electron chi connectivity index (χ3n) is 3.99. The van der Waals surface area contributed by atoms with Crippen molar-refractivity contribution in [1.29, 1.82) is 0 Å². The fourth-order valence-corrected chi connectivity index (χ4v) is 4.88. The van der Waals surface area contributed by atoms with Crippen molar-refractivity contribution in [1.82, 2.24) is 0 Å². The molecule has 0 rings (SSSR count). The van der Waals surface area contributed by atoms with Crippen LogP contribution in [0.4, 0.5) is 0 Å². The number of rotatable bonds is 17. The molecule has 0 aliphatic carbocycles. The van der Waals surface area contributed by atoms with E-state index in [9.17, 15) is 0 Å². The van der Waals surface area contributed by atoms with Crippen LogP contribution in [0.3, 0.4) is 0 Å². The van der Waals surface area contributed by atoms with Gasteiger partial charge in [0, 0.05) is 11.5 Å². The zero-order valence-corrected chi connectivity index (χ0v) is 16.1. The van der Waals surface area contributed by atoms with Crippen molar-refractivity contribution in [3.63, 3.8) is 0 Å². The number of unbranched alkanes of at least 4 members (excludes halogenated alkanes) is 8. The van der Waals surface area contributed by atoms with Crippen LogP contribution in [0.2, 0.25) is 0 Å². The molecule has 3 heteroatoms. The second-order valence-electron chi connectivity index (χ2n) is 6.10. The molecule has 0 aromatic rings. The molecule has 1 atom stereocenters. The van der Waals surface area contributed by atoms with Gasteiger partial charge in [-0.05, 0) is 18.8 Å². The fourth-order valence-electron chi connectivity index (χ4n) is 2.62. The minimum Gasteiger partial charge on any atom is -0.395 e. The van der Waals surface area contributed by atoms with Gasteiger partial charge in [0.15, 0.2) is 0 Å². The Labute approximate surface area is 141 Å². The maximum absolute atomic E-state index is 8.84. The van der Waals surface area contributed by atoms with E-state index in [1.165, 1.54) is 82.8 Å². The summed E-state index contributed by atoms with van der Waals surface area (Å²) >= 11 is 0. The molecule has 1 N–H and O–H groups in total. The van der Waals surface area contributed by atoms with Gasteiger partial charge in [-0.25, -0.2) is 0 Å². The first kappa shape index (κ1) is 21.7.